The number of carbonyl (C=O) groups is 2. The van der Waals surface area contributed by atoms with Gasteiger partial charge in [0.1, 0.15) is 17.3 Å². The van der Waals surface area contributed by atoms with Gasteiger partial charge in [-0.1, -0.05) is 6.07 Å². The fraction of sp³-hybridized carbons (Fsp3) is 0.400. The standard InChI is InChI=1S/C20H21FN2O3/c1-12-8-16(13(2)26-12)19(25)23-7-6-20(11-23)10-17(20)18(24)22-15-5-3-4-14(21)9-15/h3-5,8-9,17H,6-7,10-11H2,1-2H3,(H,22,24). The van der Waals surface area contributed by atoms with Crippen LogP contribution in [0, 0.1) is 31.0 Å². The maximum absolute atomic E-state index is 13.3. The molecule has 6 heteroatoms. The minimum atomic E-state index is -0.378. The molecule has 1 saturated carbocycles. The van der Waals surface area contributed by atoms with E-state index < -0.39 is 0 Å². The van der Waals surface area contributed by atoms with E-state index in [2.05, 4.69) is 5.32 Å². The molecule has 2 aliphatic rings. The second-order valence-corrected chi connectivity index (χ2v) is 7.42. The van der Waals surface area contributed by atoms with E-state index >= 15 is 0 Å². The van der Waals surface area contributed by atoms with Gasteiger partial charge in [0.15, 0.2) is 0 Å². The number of anilines is 1. The van der Waals surface area contributed by atoms with Crippen molar-refractivity contribution in [2.45, 2.75) is 26.7 Å². The van der Waals surface area contributed by atoms with Gasteiger partial charge >= 0.3 is 0 Å². The van der Waals surface area contributed by atoms with Gasteiger partial charge in [0.25, 0.3) is 5.91 Å². The third-order valence-corrected chi connectivity index (χ3v) is 5.54. The molecule has 2 fully saturated rings. The maximum Gasteiger partial charge on any atom is 0.257 e. The summed E-state index contributed by atoms with van der Waals surface area (Å²) in [5.74, 6) is 0.711. The molecule has 2 amide bonds. The lowest BCUT2D eigenvalue weighted by Gasteiger charge is -2.16. The Balaban J connectivity index is 1.40. The van der Waals surface area contributed by atoms with Crippen molar-refractivity contribution in [3.05, 3.63) is 53.2 Å². The number of hydrogen-bond acceptors (Lipinski definition) is 3. The van der Waals surface area contributed by atoms with Crippen LogP contribution in [0.5, 0.6) is 0 Å². The monoisotopic (exact) mass is 356 g/mol. The number of likely N-dealkylation sites (tertiary alicyclic amines) is 1. The first-order chi connectivity index (χ1) is 12.4. The zero-order valence-electron chi connectivity index (χ0n) is 14.8. The van der Waals surface area contributed by atoms with Gasteiger partial charge in [0, 0.05) is 30.1 Å². The molecule has 2 aromatic rings. The second-order valence-electron chi connectivity index (χ2n) is 7.42. The number of rotatable bonds is 3. The van der Waals surface area contributed by atoms with Gasteiger partial charge in [-0.25, -0.2) is 4.39 Å². The zero-order chi connectivity index (χ0) is 18.5. The molecular formula is C20H21FN2O3. The van der Waals surface area contributed by atoms with E-state index in [0.717, 1.165) is 18.6 Å². The largest absolute Gasteiger partial charge is 0.466 e. The lowest BCUT2D eigenvalue weighted by molar-refractivity contribution is -0.118. The van der Waals surface area contributed by atoms with Crippen molar-refractivity contribution in [2.75, 3.05) is 18.4 Å². The third-order valence-electron chi connectivity index (χ3n) is 5.54. The molecule has 2 unspecified atom stereocenters. The van der Waals surface area contributed by atoms with Gasteiger partial charge in [-0.05, 0) is 51.0 Å². The normalized spacial score (nSPS) is 24.1. The van der Waals surface area contributed by atoms with Crippen LogP contribution in [0.2, 0.25) is 0 Å². The van der Waals surface area contributed by atoms with Crippen molar-refractivity contribution < 1.29 is 18.4 Å². The summed E-state index contributed by atoms with van der Waals surface area (Å²) < 4.78 is 18.7. The lowest BCUT2D eigenvalue weighted by atomic mass is 10.0. The Hall–Kier alpha value is -2.63. The Bertz CT molecular complexity index is 891. The van der Waals surface area contributed by atoms with E-state index in [1.54, 1.807) is 25.1 Å². The Kier molecular flexibility index (Phi) is 3.86. The van der Waals surface area contributed by atoms with Crippen molar-refractivity contribution in [1.82, 2.24) is 4.90 Å². The van der Waals surface area contributed by atoms with E-state index in [9.17, 15) is 14.0 Å². The van der Waals surface area contributed by atoms with Gasteiger partial charge in [-0.3, -0.25) is 9.59 Å². The molecule has 1 saturated heterocycles. The first-order valence-corrected chi connectivity index (χ1v) is 8.81. The number of amides is 2. The van der Waals surface area contributed by atoms with E-state index in [-0.39, 0.29) is 29.0 Å². The quantitative estimate of drug-likeness (QED) is 0.915. The molecule has 0 radical (unpaired) electrons. The molecule has 4 rings (SSSR count). The smallest absolute Gasteiger partial charge is 0.257 e. The van der Waals surface area contributed by atoms with Gasteiger partial charge in [0.2, 0.25) is 5.91 Å². The average molecular weight is 356 g/mol. The van der Waals surface area contributed by atoms with Gasteiger partial charge < -0.3 is 14.6 Å². The molecule has 1 aliphatic heterocycles. The highest BCUT2D eigenvalue weighted by atomic mass is 19.1. The molecule has 26 heavy (non-hydrogen) atoms. The number of halogens is 1. The van der Waals surface area contributed by atoms with Crippen LogP contribution in [0.15, 0.2) is 34.7 Å². The van der Waals surface area contributed by atoms with E-state index in [1.165, 1.54) is 12.1 Å². The van der Waals surface area contributed by atoms with Crippen LogP contribution in [0.25, 0.3) is 0 Å². The Morgan fingerprint density at radius 1 is 1.31 bits per heavy atom. The van der Waals surface area contributed by atoms with Crippen LogP contribution in [-0.4, -0.2) is 29.8 Å². The summed E-state index contributed by atoms with van der Waals surface area (Å²) in [6.07, 6.45) is 1.58. The predicted molar refractivity (Wildman–Crippen MR) is 94.3 cm³/mol. The van der Waals surface area contributed by atoms with Crippen molar-refractivity contribution in [3.63, 3.8) is 0 Å². The summed E-state index contributed by atoms with van der Waals surface area (Å²) in [5, 5.41) is 2.79. The topological polar surface area (TPSA) is 62.6 Å². The Morgan fingerprint density at radius 3 is 2.81 bits per heavy atom. The highest BCUT2D eigenvalue weighted by Gasteiger charge is 2.61. The number of furan rings is 1. The van der Waals surface area contributed by atoms with Crippen LogP contribution in [0.4, 0.5) is 10.1 Å². The summed E-state index contributed by atoms with van der Waals surface area (Å²) in [5.41, 5.74) is 0.924. The number of nitrogens with one attached hydrogen (secondary N) is 1. The van der Waals surface area contributed by atoms with E-state index in [1.807, 2.05) is 11.8 Å². The highest BCUT2D eigenvalue weighted by Crippen LogP contribution is 2.59. The first-order valence-electron chi connectivity index (χ1n) is 8.81. The summed E-state index contributed by atoms with van der Waals surface area (Å²) in [7, 11) is 0. The van der Waals surface area contributed by atoms with Gasteiger partial charge in [-0.15, -0.1) is 0 Å². The second kappa shape index (κ2) is 5.97. The number of nitrogens with zero attached hydrogens (tertiary/aromatic N) is 1. The Morgan fingerprint density at radius 2 is 2.12 bits per heavy atom. The first kappa shape index (κ1) is 16.8. The number of benzene rings is 1. The van der Waals surface area contributed by atoms with Crippen molar-refractivity contribution >= 4 is 17.5 Å². The molecule has 1 spiro atoms. The molecular weight excluding hydrogens is 335 g/mol. The van der Waals surface area contributed by atoms with E-state index in [4.69, 9.17) is 4.42 Å². The summed E-state index contributed by atoms with van der Waals surface area (Å²) >= 11 is 0. The molecule has 136 valence electrons. The third kappa shape index (κ3) is 2.89. The molecule has 1 aromatic carbocycles. The molecule has 0 bridgehead atoms. The SMILES string of the molecule is Cc1cc(C(=O)N2CCC3(CC3C(=O)Nc3cccc(F)c3)C2)c(C)o1. The summed E-state index contributed by atoms with van der Waals surface area (Å²) in [4.78, 5) is 27.0. The molecule has 1 N–H and O–H groups in total. The molecule has 1 aromatic heterocycles. The lowest BCUT2D eigenvalue weighted by Crippen LogP contribution is -2.30. The number of carbonyl (C=O) groups excluding carboxylic acids is 2. The molecule has 2 atom stereocenters. The van der Waals surface area contributed by atoms with E-state index in [0.29, 0.717) is 30.1 Å². The van der Waals surface area contributed by atoms with Gasteiger partial charge in [0.05, 0.1) is 5.56 Å². The van der Waals surface area contributed by atoms with Crippen LogP contribution < -0.4 is 5.32 Å². The summed E-state index contributed by atoms with van der Waals surface area (Å²) in [6.45, 7) is 4.84. The fourth-order valence-electron chi connectivity index (χ4n) is 4.05. The van der Waals surface area contributed by atoms with Crippen LogP contribution >= 0.6 is 0 Å². The number of aryl methyl sites for hydroxylation is 2. The van der Waals surface area contributed by atoms with Crippen molar-refractivity contribution in [2.24, 2.45) is 11.3 Å². The number of hydrogen-bond donors (Lipinski definition) is 1. The minimum Gasteiger partial charge on any atom is -0.466 e. The average Bonchev–Trinajstić information content (AvgIpc) is 2.93. The van der Waals surface area contributed by atoms with Crippen LogP contribution in [-0.2, 0) is 4.79 Å². The zero-order valence-corrected chi connectivity index (χ0v) is 14.8. The van der Waals surface area contributed by atoms with Crippen molar-refractivity contribution in [1.29, 1.82) is 0 Å². The maximum atomic E-state index is 13.3. The van der Waals surface area contributed by atoms with Crippen molar-refractivity contribution in [3.8, 4) is 0 Å². The predicted octanol–water partition coefficient (Wildman–Crippen LogP) is 3.53. The molecule has 2 heterocycles. The molecule has 5 nitrogen and oxygen atoms in total. The van der Waals surface area contributed by atoms with Crippen LogP contribution in [0.1, 0.15) is 34.7 Å². The fourth-order valence-corrected chi connectivity index (χ4v) is 4.05. The Labute approximate surface area is 151 Å². The minimum absolute atomic E-state index is 0.0348. The summed E-state index contributed by atoms with van der Waals surface area (Å²) in [6, 6.07) is 7.66. The van der Waals surface area contributed by atoms with Gasteiger partial charge in [-0.2, -0.15) is 0 Å². The molecule has 1 aliphatic carbocycles. The van der Waals surface area contributed by atoms with Crippen LogP contribution in [0.3, 0.4) is 0 Å². The highest BCUT2D eigenvalue weighted by molar-refractivity contribution is 5.97.